The fourth-order valence-electron chi connectivity index (χ4n) is 2.27. The van der Waals surface area contributed by atoms with Crippen molar-refractivity contribution in [1.29, 1.82) is 0 Å². The molecule has 0 aliphatic carbocycles. The van der Waals surface area contributed by atoms with Gasteiger partial charge in [0.15, 0.2) is 5.78 Å². The molecule has 0 spiro atoms. The van der Waals surface area contributed by atoms with Crippen LogP contribution in [0.4, 0.5) is 0 Å². The molecule has 0 fully saturated rings. The molecular formula is C17H13ClN2O3. The lowest BCUT2D eigenvalue weighted by Crippen LogP contribution is -2.24. The van der Waals surface area contributed by atoms with E-state index in [1.54, 1.807) is 49.6 Å². The molecule has 0 aliphatic rings. The van der Waals surface area contributed by atoms with E-state index in [2.05, 4.69) is 4.98 Å². The lowest BCUT2D eigenvalue weighted by atomic mass is 10.1. The number of carbonyl (C=O) groups excluding carboxylic acids is 1. The predicted octanol–water partition coefficient (Wildman–Crippen LogP) is 2.94. The number of carbonyl (C=O) groups is 1. The summed E-state index contributed by atoms with van der Waals surface area (Å²) in [6.45, 7) is -0.0827. The van der Waals surface area contributed by atoms with Gasteiger partial charge in [0.1, 0.15) is 5.75 Å². The Hall–Kier alpha value is -2.66. The molecule has 0 amide bonds. The first-order valence-corrected chi connectivity index (χ1v) is 7.28. The molecule has 23 heavy (non-hydrogen) atoms. The number of methoxy groups -OCH3 is 1. The molecule has 1 heterocycles. The number of hydrogen-bond acceptors (Lipinski definition) is 4. The Bertz CT molecular complexity index is 933. The zero-order chi connectivity index (χ0) is 16.4. The lowest BCUT2D eigenvalue weighted by Gasteiger charge is -2.07. The summed E-state index contributed by atoms with van der Waals surface area (Å²) in [7, 11) is 1.56. The van der Waals surface area contributed by atoms with Gasteiger partial charge < -0.3 is 4.74 Å². The van der Waals surface area contributed by atoms with Crippen LogP contribution < -0.4 is 10.3 Å². The van der Waals surface area contributed by atoms with Crippen molar-refractivity contribution in [3.8, 4) is 5.75 Å². The second-order valence-electron chi connectivity index (χ2n) is 4.99. The highest BCUT2D eigenvalue weighted by molar-refractivity contribution is 6.31. The van der Waals surface area contributed by atoms with E-state index in [0.29, 0.717) is 27.2 Å². The molecule has 0 atom stereocenters. The molecule has 0 aliphatic heterocycles. The first-order valence-electron chi connectivity index (χ1n) is 6.90. The summed E-state index contributed by atoms with van der Waals surface area (Å²) >= 11 is 5.92. The van der Waals surface area contributed by atoms with Crippen LogP contribution in [0.25, 0.3) is 10.9 Å². The molecule has 3 aromatic rings. The van der Waals surface area contributed by atoms with Crippen molar-refractivity contribution in [3.05, 3.63) is 69.7 Å². The van der Waals surface area contributed by atoms with E-state index in [4.69, 9.17) is 16.3 Å². The zero-order valence-corrected chi connectivity index (χ0v) is 13.1. The van der Waals surface area contributed by atoms with Gasteiger partial charge in [-0.3, -0.25) is 14.2 Å². The molecule has 3 rings (SSSR count). The summed E-state index contributed by atoms with van der Waals surface area (Å²) in [5, 5.41) is 0.846. The lowest BCUT2D eigenvalue weighted by molar-refractivity contribution is 0.0970. The van der Waals surface area contributed by atoms with Crippen molar-refractivity contribution in [2.75, 3.05) is 7.11 Å². The number of benzene rings is 2. The Kier molecular flexibility index (Phi) is 4.12. The molecular weight excluding hydrogens is 316 g/mol. The third-order valence-electron chi connectivity index (χ3n) is 3.51. The van der Waals surface area contributed by atoms with E-state index in [-0.39, 0.29) is 17.9 Å². The largest absolute Gasteiger partial charge is 0.497 e. The minimum Gasteiger partial charge on any atom is -0.497 e. The van der Waals surface area contributed by atoms with E-state index >= 15 is 0 Å². The summed E-state index contributed by atoms with van der Waals surface area (Å²) < 4.78 is 6.34. The van der Waals surface area contributed by atoms with Crippen LogP contribution >= 0.6 is 11.6 Å². The number of rotatable bonds is 4. The van der Waals surface area contributed by atoms with Crippen LogP contribution in [-0.2, 0) is 6.54 Å². The number of halogens is 1. The maximum absolute atomic E-state index is 12.4. The van der Waals surface area contributed by atoms with Crippen molar-refractivity contribution < 1.29 is 9.53 Å². The van der Waals surface area contributed by atoms with Crippen LogP contribution in [0.2, 0.25) is 5.02 Å². The van der Waals surface area contributed by atoms with Crippen LogP contribution in [0.3, 0.4) is 0 Å². The Morgan fingerprint density at radius 3 is 2.65 bits per heavy atom. The fraction of sp³-hybridized carbons (Fsp3) is 0.118. The summed E-state index contributed by atoms with van der Waals surface area (Å²) in [5.74, 6) is 0.485. The Morgan fingerprint density at radius 2 is 1.96 bits per heavy atom. The topological polar surface area (TPSA) is 61.2 Å². The molecule has 0 N–H and O–H groups in total. The molecule has 5 nitrogen and oxygen atoms in total. The molecule has 2 aromatic carbocycles. The maximum Gasteiger partial charge on any atom is 0.261 e. The second-order valence-corrected chi connectivity index (χ2v) is 5.43. The van der Waals surface area contributed by atoms with Gasteiger partial charge in [0.05, 0.1) is 30.9 Å². The van der Waals surface area contributed by atoms with Crippen molar-refractivity contribution in [1.82, 2.24) is 9.55 Å². The van der Waals surface area contributed by atoms with Crippen LogP contribution in [0.5, 0.6) is 5.75 Å². The van der Waals surface area contributed by atoms with Crippen molar-refractivity contribution in [2.24, 2.45) is 0 Å². The summed E-state index contributed by atoms with van der Waals surface area (Å²) in [6.07, 6.45) is 1.37. The Balaban J connectivity index is 1.92. The minimum absolute atomic E-state index is 0.0827. The molecule has 0 unspecified atom stereocenters. The number of nitrogens with zero attached hydrogens (tertiary/aromatic N) is 2. The molecule has 0 radical (unpaired) electrons. The minimum atomic E-state index is -0.292. The number of hydrogen-bond donors (Lipinski definition) is 0. The van der Waals surface area contributed by atoms with Gasteiger partial charge in [0.2, 0.25) is 0 Å². The number of fused-ring (bicyclic) bond motifs is 1. The van der Waals surface area contributed by atoms with E-state index in [0.717, 1.165) is 0 Å². The molecule has 1 aromatic heterocycles. The SMILES string of the molecule is COc1ccc(C(=O)Cn2cnc3ccc(Cl)cc3c2=O)cc1. The van der Waals surface area contributed by atoms with Crippen molar-refractivity contribution >= 4 is 28.3 Å². The van der Waals surface area contributed by atoms with Gasteiger partial charge in [-0.25, -0.2) is 4.98 Å². The summed E-state index contributed by atoms with van der Waals surface area (Å²) in [4.78, 5) is 28.9. The smallest absolute Gasteiger partial charge is 0.261 e. The molecule has 0 bridgehead atoms. The third-order valence-corrected chi connectivity index (χ3v) is 3.75. The van der Waals surface area contributed by atoms with Gasteiger partial charge in [-0.05, 0) is 42.5 Å². The first kappa shape index (κ1) is 15.2. The Labute approximate surface area is 137 Å². The molecule has 6 heteroatoms. The fourth-order valence-corrected chi connectivity index (χ4v) is 2.44. The molecule has 0 saturated carbocycles. The summed E-state index contributed by atoms with van der Waals surface area (Å²) in [6, 6.07) is 11.6. The molecule has 116 valence electrons. The van der Waals surface area contributed by atoms with Crippen LogP contribution in [0, 0.1) is 0 Å². The first-order chi connectivity index (χ1) is 11.1. The molecule has 0 saturated heterocycles. The normalized spacial score (nSPS) is 10.7. The standard InChI is InChI=1S/C17H13ClN2O3/c1-23-13-5-2-11(3-6-13)16(21)9-20-10-19-15-7-4-12(18)8-14(15)17(20)22/h2-8,10H,9H2,1H3. The average molecular weight is 329 g/mol. The van der Waals surface area contributed by atoms with E-state index in [1.807, 2.05) is 0 Å². The van der Waals surface area contributed by atoms with Crippen molar-refractivity contribution in [2.45, 2.75) is 6.54 Å². The van der Waals surface area contributed by atoms with Crippen LogP contribution in [-0.4, -0.2) is 22.4 Å². The van der Waals surface area contributed by atoms with Crippen LogP contribution in [0.15, 0.2) is 53.6 Å². The number of ketones is 1. The average Bonchev–Trinajstić information content (AvgIpc) is 2.58. The van der Waals surface area contributed by atoms with E-state index in [1.165, 1.54) is 10.9 Å². The maximum atomic E-state index is 12.4. The van der Waals surface area contributed by atoms with Gasteiger partial charge >= 0.3 is 0 Å². The van der Waals surface area contributed by atoms with Crippen molar-refractivity contribution in [3.63, 3.8) is 0 Å². The Morgan fingerprint density at radius 1 is 1.22 bits per heavy atom. The number of aromatic nitrogens is 2. The predicted molar refractivity (Wildman–Crippen MR) is 88.3 cm³/mol. The van der Waals surface area contributed by atoms with E-state index < -0.39 is 0 Å². The number of Topliss-reactive ketones (excluding diaryl/α,β-unsaturated/α-hetero) is 1. The monoisotopic (exact) mass is 328 g/mol. The van der Waals surface area contributed by atoms with Gasteiger partial charge in [-0.15, -0.1) is 0 Å². The highest BCUT2D eigenvalue weighted by Crippen LogP contribution is 2.15. The van der Waals surface area contributed by atoms with Gasteiger partial charge in [-0.2, -0.15) is 0 Å². The number of ether oxygens (including phenoxy) is 1. The highest BCUT2D eigenvalue weighted by atomic mass is 35.5. The van der Waals surface area contributed by atoms with Gasteiger partial charge in [0.25, 0.3) is 5.56 Å². The third kappa shape index (κ3) is 3.10. The van der Waals surface area contributed by atoms with E-state index in [9.17, 15) is 9.59 Å². The summed E-state index contributed by atoms with van der Waals surface area (Å²) in [5.41, 5.74) is 0.760. The second kappa shape index (κ2) is 6.22. The van der Waals surface area contributed by atoms with Crippen LogP contribution in [0.1, 0.15) is 10.4 Å². The highest BCUT2D eigenvalue weighted by Gasteiger charge is 2.10. The van der Waals surface area contributed by atoms with Gasteiger partial charge in [-0.1, -0.05) is 11.6 Å². The van der Waals surface area contributed by atoms with Gasteiger partial charge in [0, 0.05) is 10.6 Å². The zero-order valence-electron chi connectivity index (χ0n) is 12.3. The quantitative estimate of drug-likeness (QED) is 0.691.